The van der Waals surface area contributed by atoms with Crippen LogP contribution in [0, 0.1) is 6.92 Å². The van der Waals surface area contributed by atoms with Gasteiger partial charge in [-0.25, -0.2) is 0 Å². The molecule has 0 spiro atoms. The number of aromatic hydroxyl groups is 1. The molecule has 0 aliphatic heterocycles. The average Bonchev–Trinajstić information content (AvgIpc) is 1.92. The third kappa shape index (κ3) is 3.10. The van der Waals surface area contributed by atoms with Gasteiger partial charge in [0.15, 0.2) is 0 Å². The molecule has 1 aromatic rings. The van der Waals surface area contributed by atoms with E-state index >= 15 is 0 Å². The number of phenolic OH excluding ortho intramolecular Hbond substituents is 1. The van der Waals surface area contributed by atoms with E-state index in [1.165, 1.54) is 25.1 Å². The summed E-state index contributed by atoms with van der Waals surface area (Å²) in [4.78, 5) is -0.262. The number of rotatable bonds is 1. The van der Waals surface area contributed by atoms with Crippen LogP contribution >= 0.6 is 0 Å². The number of hydrogen-bond acceptors (Lipinski definition) is 3. The second-order valence-electron chi connectivity index (χ2n) is 2.38. The monoisotopic (exact) mass is 230 g/mol. The minimum Gasteiger partial charge on any atom is -1.00 e. The SMILES string of the molecule is Cc1c(O)cccc1S(=O)(=O)O.[Ca+2].[H-].[H-]. The Hall–Kier alpha value is 0.190. The van der Waals surface area contributed by atoms with Gasteiger partial charge < -0.3 is 7.96 Å². The van der Waals surface area contributed by atoms with Crippen LogP contribution in [0.4, 0.5) is 0 Å². The Morgan fingerprint density at radius 1 is 1.38 bits per heavy atom. The molecular formula is C7H10CaO4S. The summed E-state index contributed by atoms with van der Waals surface area (Å²) in [5.41, 5.74) is 0.153. The maximum Gasteiger partial charge on any atom is 2.00 e. The van der Waals surface area contributed by atoms with Gasteiger partial charge in [-0.15, -0.1) is 0 Å². The van der Waals surface area contributed by atoms with Gasteiger partial charge in [0.2, 0.25) is 0 Å². The zero-order chi connectivity index (χ0) is 9.35. The van der Waals surface area contributed by atoms with Crippen LogP contribution in [-0.2, 0) is 10.1 Å². The minimum absolute atomic E-state index is 0. The molecule has 0 atom stereocenters. The molecule has 0 bridgehead atoms. The van der Waals surface area contributed by atoms with Crippen LogP contribution < -0.4 is 0 Å². The van der Waals surface area contributed by atoms with E-state index in [4.69, 9.17) is 9.66 Å². The van der Waals surface area contributed by atoms with Crippen molar-refractivity contribution in [2.24, 2.45) is 0 Å². The molecule has 4 nitrogen and oxygen atoms in total. The molecule has 1 aromatic carbocycles. The number of benzene rings is 1. The molecule has 0 unspecified atom stereocenters. The van der Waals surface area contributed by atoms with Crippen molar-refractivity contribution < 1.29 is 20.9 Å². The van der Waals surface area contributed by atoms with Crippen LogP contribution in [0.3, 0.4) is 0 Å². The van der Waals surface area contributed by atoms with Gasteiger partial charge in [-0.1, -0.05) is 6.07 Å². The molecule has 1 rings (SSSR count). The Morgan fingerprint density at radius 2 is 1.92 bits per heavy atom. The number of phenols is 1. The first-order chi connectivity index (χ1) is 5.43. The summed E-state index contributed by atoms with van der Waals surface area (Å²) in [5.74, 6) is -0.148. The van der Waals surface area contributed by atoms with Gasteiger partial charge >= 0.3 is 37.7 Å². The molecule has 0 heterocycles. The molecule has 0 amide bonds. The molecule has 0 aromatic heterocycles. The van der Waals surface area contributed by atoms with Crippen molar-refractivity contribution in [1.82, 2.24) is 0 Å². The van der Waals surface area contributed by atoms with Crippen LogP contribution in [0.5, 0.6) is 5.75 Å². The van der Waals surface area contributed by atoms with E-state index in [9.17, 15) is 8.42 Å². The maximum absolute atomic E-state index is 10.7. The van der Waals surface area contributed by atoms with E-state index < -0.39 is 10.1 Å². The van der Waals surface area contributed by atoms with Gasteiger partial charge in [-0.3, -0.25) is 4.55 Å². The molecule has 0 saturated carbocycles. The predicted octanol–water partition coefficient (Wildman–Crippen LogP) is 0.792. The zero-order valence-corrected chi connectivity index (χ0v) is 10.1. The molecule has 0 aliphatic carbocycles. The molecule has 13 heavy (non-hydrogen) atoms. The third-order valence-electron chi connectivity index (χ3n) is 1.53. The number of hydrogen-bond donors (Lipinski definition) is 2. The second-order valence-corrected chi connectivity index (χ2v) is 3.77. The van der Waals surface area contributed by atoms with E-state index in [0.29, 0.717) is 0 Å². The van der Waals surface area contributed by atoms with Gasteiger partial charge in [0.05, 0.1) is 0 Å². The standard InChI is InChI=1S/C7H8O4S.Ca.2H/c1-5-6(8)3-2-4-7(5)12(9,10)11;;;/h2-4,8H,1H3,(H,9,10,11);;;/q;+2;2*-1. The molecular weight excluding hydrogens is 220 g/mol. The maximum atomic E-state index is 10.7. The van der Waals surface area contributed by atoms with Gasteiger partial charge in [-0.2, -0.15) is 8.42 Å². The Kier molecular flexibility index (Phi) is 4.68. The first-order valence-electron chi connectivity index (χ1n) is 3.19. The molecule has 0 fully saturated rings. The third-order valence-corrected chi connectivity index (χ3v) is 2.53. The first kappa shape index (κ1) is 13.2. The van der Waals surface area contributed by atoms with E-state index in [-0.39, 0.29) is 56.8 Å². The van der Waals surface area contributed by atoms with Crippen molar-refractivity contribution in [3.63, 3.8) is 0 Å². The first-order valence-corrected chi connectivity index (χ1v) is 4.63. The smallest absolute Gasteiger partial charge is 1.00 e. The summed E-state index contributed by atoms with van der Waals surface area (Å²) in [6.07, 6.45) is 0. The van der Waals surface area contributed by atoms with E-state index in [2.05, 4.69) is 0 Å². The van der Waals surface area contributed by atoms with E-state index in [1.807, 2.05) is 0 Å². The summed E-state index contributed by atoms with van der Waals surface area (Å²) in [5, 5.41) is 9.09. The Balaban J connectivity index is -0.000000480. The van der Waals surface area contributed by atoms with Crippen molar-refractivity contribution in [1.29, 1.82) is 0 Å². The topological polar surface area (TPSA) is 74.6 Å². The van der Waals surface area contributed by atoms with Crippen LogP contribution in [0.2, 0.25) is 0 Å². The van der Waals surface area contributed by atoms with Gasteiger partial charge in [0, 0.05) is 5.56 Å². The van der Waals surface area contributed by atoms with Gasteiger partial charge in [-0.05, 0) is 19.1 Å². The fourth-order valence-corrected chi connectivity index (χ4v) is 1.62. The van der Waals surface area contributed by atoms with Gasteiger partial charge in [0.1, 0.15) is 10.6 Å². The summed E-state index contributed by atoms with van der Waals surface area (Å²) in [6.45, 7) is 1.42. The summed E-state index contributed by atoms with van der Waals surface area (Å²) in [6, 6.07) is 3.93. The van der Waals surface area contributed by atoms with Crippen LogP contribution in [0.1, 0.15) is 8.42 Å². The van der Waals surface area contributed by atoms with E-state index in [1.54, 1.807) is 0 Å². The largest absolute Gasteiger partial charge is 2.00 e. The van der Waals surface area contributed by atoms with Gasteiger partial charge in [0.25, 0.3) is 10.1 Å². The normalized spacial score (nSPS) is 10.6. The summed E-state index contributed by atoms with van der Waals surface area (Å²) >= 11 is 0. The van der Waals surface area contributed by atoms with Crippen molar-refractivity contribution >= 4 is 47.9 Å². The molecule has 0 radical (unpaired) electrons. The molecule has 0 saturated heterocycles. The Morgan fingerprint density at radius 3 is 2.31 bits per heavy atom. The Labute approximate surface area is 109 Å². The van der Waals surface area contributed by atoms with E-state index in [0.717, 1.165) is 0 Å². The quantitative estimate of drug-likeness (QED) is 0.552. The van der Waals surface area contributed by atoms with Crippen molar-refractivity contribution in [2.75, 3.05) is 0 Å². The summed E-state index contributed by atoms with van der Waals surface area (Å²) in [7, 11) is -4.22. The minimum atomic E-state index is -4.22. The molecule has 70 valence electrons. The second kappa shape index (κ2) is 4.61. The van der Waals surface area contributed by atoms with Crippen LogP contribution in [-0.4, -0.2) is 55.8 Å². The van der Waals surface area contributed by atoms with Crippen molar-refractivity contribution in [3.8, 4) is 5.75 Å². The average molecular weight is 230 g/mol. The fraction of sp³-hybridized carbons (Fsp3) is 0.143. The van der Waals surface area contributed by atoms with Crippen molar-refractivity contribution in [2.45, 2.75) is 11.8 Å². The molecule has 2 N–H and O–H groups in total. The Bertz CT molecular complexity index is 407. The fourth-order valence-electron chi connectivity index (χ4n) is 0.882. The molecule has 6 heteroatoms. The summed E-state index contributed by atoms with van der Waals surface area (Å²) < 4.78 is 30.0. The predicted molar refractivity (Wildman–Crippen MR) is 50.6 cm³/mol. The molecule has 0 aliphatic rings. The van der Waals surface area contributed by atoms with Crippen molar-refractivity contribution in [3.05, 3.63) is 23.8 Å². The van der Waals surface area contributed by atoms with Crippen LogP contribution in [0.25, 0.3) is 0 Å². The van der Waals surface area contributed by atoms with Crippen LogP contribution in [0.15, 0.2) is 23.1 Å². The zero-order valence-electron chi connectivity index (χ0n) is 9.06.